The first-order chi connectivity index (χ1) is 10.8. The summed E-state index contributed by atoms with van der Waals surface area (Å²) in [4.78, 5) is 14.9. The van der Waals surface area contributed by atoms with Crippen LogP contribution in [0.25, 0.3) is 11.1 Å². The van der Waals surface area contributed by atoms with Gasteiger partial charge in [-0.15, -0.1) is 0 Å². The van der Waals surface area contributed by atoms with Gasteiger partial charge in [0.15, 0.2) is 12.1 Å². The molecule has 0 spiro atoms. The summed E-state index contributed by atoms with van der Waals surface area (Å²) in [6, 6.07) is 16.3. The van der Waals surface area contributed by atoms with E-state index in [2.05, 4.69) is 29.2 Å². The number of rotatable bonds is 5. The van der Waals surface area contributed by atoms with Crippen LogP contribution < -0.4 is 4.74 Å². The Balaban J connectivity index is 1.78. The highest BCUT2D eigenvalue weighted by Gasteiger charge is 2.03. The first kappa shape index (κ1) is 14.1. The zero-order chi connectivity index (χ0) is 15.4. The lowest BCUT2D eigenvalue weighted by Gasteiger charge is -2.07. The maximum Gasteiger partial charge on any atom is 0.185 e. The van der Waals surface area contributed by atoms with Gasteiger partial charge in [0, 0.05) is 18.9 Å². The molecule has 0 saturated heterocycles. The van der Waals surface area contributed by atoms with Gasteiger partial charge in [-0.3, -0.25) is 4.79 Å². The molecule has 0 aliphatic rings. The highest BCUT2D eigenvalue weighted by atomic mass is 16.5. The van der Waals surface area contributed by atoms with E-state index >= 15 is 0 Å². The van der Waals surface area contributed by atoms with Crippen LogP contribution in [-0.4, -0.2) is 22.9 Å². The highest BCUT2D eigenvalue weighted by Crippen LogP contribution is 2.22. The SMILES string of the molecule is COc1ccc(-c2ccc(Cn3ccnc3C=O)cc2)cc1. The Morgan fingerprint density at radius 1 is 1.05 bits per heavy atom. The molecule has 0 aliphatic carbocycles. The van der Waals surface area contributed by atoms with E-state index in [0.29, 0.717) is 12.4 Å². The number of ether oxygens (including phenoxy) is 1. The molecule has 0 amide bonds. The van der Waals surface area contributed by atoms with E-state index in [1.807, 2.05) is 28.8 Å². The summed E-state index contributed by atoms with van der Waals surface area (Å²) >= 11 is 0. The van der Waals surface area contributed by atoms with E-state index < -0.39 is 0 Å². The molecule has 4 heteroatoms. The average molecular weight is 292 g/mol. The van der Waals surface area contributed by atoms with Crippen LogP contribution in [0.5, 0.6) is 5.75 Å². The summed E-state index contributed by atoms with van der Waals surface area (Å²) in [6.45, 7) is 0.636. The minimum absolute atomic E-state index is 0.444. The third-order valence-electron chi connectivity index (χ3n) is 3.58. The topological polar surface area (TPSA) is 44.1 Å². The number of aromatic nitrogens is 2. The van der Waals surface area contributed by atoms with Crippen molar-refractivity contribution in [2.45, 2.75) is 6.54 Å². The summed E-state index contributed by atoms with van der Waals surface area (Å²) in [5, 5.41) is 0. The Hall–Kier alpha value is -2.88. The van der Waals surface area contributed by atoms with Crippen LogP contribution in [0.15, 0.2) is 60.9 Å². The molecular formula is C18H16N2O2. The zero-order valence-electron chi connectivity index (χ0n) is 12.3. The van der Waals surface area contributed by atoms with Gasteiger partial charge in [-0.05, 0) is 28.8 Å². The van der Waals surface area contributed by atoms with Crippen molar-refractivity contribution in [2.75, 3.05) is 7.11 Å². The van der Waals surface area contributed by atoms with Crippen molar-refractivity contribution < 1.29 is 9.53 Å². The molecule has 1 aromatic heterocycles. The van der Waals surface area contributed by atoms with Gasteiger partial charge in [0.2, 0.25) is 0 Å². The normalized spacial score (nSPS) is 10.4. The summed E-state index contributed by atoms with van der Waals surface area (Å²) < 4.78 is 7.00. The average Bonchev–Trinajstić information content (AvgIpc) is 3.03. The molecule has 0 N–H and O–H groups in total. The van der Waals surface area contributed by atoms with Crippen molar-refractivity contribution in [3.8, 4) is 16.9 Å². The van der Waals surface area contributed by atoms with E-state index in [-0.39, 0.29) is 0 Å². The third kappa shape index (κ3) is 2.91. The maximum absolute atomic E-state index is 10.9. The molecule has 0 unspecified atom stereocenters. The van der Waals surface area contributed by atoms with Crippen molar-refractivity contribution in [1.82, 2.24) is 9.55 Å². The van der Waals surface area contributed by atoms with Crippen LogP contribution in [0.3, 0.4) is 0 Å². The summed E-state index contributed by atoms with van der Waals surface area (Å²) in [5.74, 6) is 1.29. The molecule has 0 bridgehead atoms. The van der Waals surface area contributed by atoms with E-state index in [0.717, 1.165) is 28.7 Å². The van der Waals surface area contributed by atoms with Crippen LogP contribution in [0, 0.1) is 0 Å². The van der Waals surface area contributed by atoms with Crippen molar-refractivity contribution in [1.29, 1.82) is 0 Å². The van der Waals surface area contributed by atoms with Gasteiger partial charge in [0.05, 0.1) is 7.11 Å². The van der Waals surface area contributed by atoms with E-state index in [1.54, 1.807) is 19.5 Å². The lowest BCUT2D eigenvalue weighted by atomic mass is 10.0. The van der Waals surface area contributed by atoms with Gasteiger partial charge in [-0.1, -0.05) is 36.4 Å². The molecule has 2 aromatic carbocycles. The summed E-state index contributed by atoms with van der Waals surface area (Å²) in [7, 11) is 1.66. The van der Waals surface area contributed by atoms with Crippen LogP contribution in [0.4, 0.5) is 0 Å². The first-order valence-electron chi connectivity index (χ1n) is 7.00. The monoisotopic (exact) mass is 292 g/mol. The number of nitrogens with zero attached hydrogens (tertiary/aromatic N) is 2. The lowest BCUT2D eigenvalue weighted by molar-refractivity contribution is 0.111. The number of carbonyl (C=O) groups excluding carboxylic acids is 1. The molecule has 0 atom stereocenters. The fourth-order valence-corrected chi connectivity index (χ4v) is 2.36. The standard InChI is InChI=1S/C18H16N2O2/c1-22-17-8-6-16(7-9-17)15-4-2-14(3-5-15)12-20-11-10-19-18(20)13-21/h2-11,13H,12H2,1H3. The Morgan fingerprint density at radius 3 is 2.27 bits per heavy atom. The molecule has 0 saturated carbocycles. The van der Waals surface area contributed by atoms with Crippen molar-refractivity contribution in [3.63, 3.8) is 0 Å². The number of imidazole rings is 1. The molecule has 3 rings (SSSR count). The summed E-state index contributed by atoms with van der Waals surface area (Å²) in [5.41, 5.74) is 3.41. The third-order valence-corrected chi connectivity index (χ3v) is 3.58. The minimum Gasteiger partial charge on any atom is -0.497 e. The van der Waals surface area contributed by atoms with Gasteiger partial charge in [-0.25, -0.2) is 4.98 Å². The molecule has 0 aliphatic heterocycles. The molecule has 110 valence electrons. The second kappa shape index (κ2) is 6.26. The lowest BCUT2D eigenvalue weighted by Crippen LogP contribution is -2.03. The van der Waals surface area contributed by atoms with Crippen LogP contribution in [-0.2, 0) is 6.54 Å². The Bertz CT molecular complexity index is 759. The predicted octanol–water partition coefficient (Wildman–Crippen LogP) is 3.42. The van der Waals surface area contributed by atoms with Gasteiger partial charge < -0.3 is 9.30 Å². The van der Waals surface area contributed by atoms with Gasteiger partial charge in [0.1, 0.15) is 5.75 Å². The number of methoxy groups -OCH3 is 1. The Kier molecular flexibility index (Phi) is 4.01. The second-order valence-electron chi connectivity index (χ2n) is 4.96. The molecule has 1 heterocycles. The Labute approximate surface area is 129 Å². The van der Waals surface area contributed by atoms with Crippen LogP contribution >= 0.6 is 0 Å². The molecule has 22 heavy (non-hydrogen) atoms. The number of hydrogen-bond donors (Lipinski definition) is 0. The second-order valence-corrected chi connectivity index (χ2v) is 4.96. The molecule has 4 nitrogen and oxygen atoms in total. The Morgan fingerprint density at radius 2 is 1.68 bits per heavy atom. The van der Waals surface area contributed by atoms with Crippen LogP contribution in [0.2, 0.25) is 0 Å². The van der Waals surface area contributed by atoms with E-state index in [4.69, 9.17) is 4.74 Å². The van der Waals surface area contributed by atoms with Crippen LogP contribution in [0.1, 0.15) is 16.2 Å². The van der Waals surface area contributed by atoms with Crippen molar-refractivity contribution >= 4 is 6.29 Å². The number of benzene rings is 2. The first-order valence-corrected chi connectivity index (χ1v) is 7.00. The minimum atomic E-state index is 0.444. The molecular weight excluding hydrogens is 276 g/mol. The zero-order valence-corrected chi connectivity index (χ0v) is 12.3. The smallest absolute Gasteiger partial charge is 0.185 e. The van der Waals surface area contributed by atoms with Gasteiger partial charge in [-0.2, -0.15) is 0 Å². The molecule has 0 fully saturated rings. The highest BCUT2D eigenvalue weighted by molar-refractivity contribution is 5.69. The largest absolute Gasteiger partial charge is 0.497 e. The van der Waals surface area contributed by atoms with E-state index in [9.17, 15) is 4.79 Å². The van der Waals surface area contributed by atoms with E-state index in [1.165, 1.54) is 0 Å². The van der Waals surface area contributed by atoms with Crippen molar-refractivity contribution in [3.05, 3.63) is 72.3 Å². The van der Waals surface area contributed by atoms with Crippen molar-refractivity contribution in [2.24, 2.45) is 0 Å². The van der Waals surface area contributed by atoms with Gasteiger partial charge in [0.25, 0.3) is 0 Å². The quantitative estimate of drug-likeness (QED) is 0.677. The molecule has 3 aromatic rings. The fourth-order valence-electron chi connectivity index (χ4n) is 2.36. The van der Waals surface area contributed by atoms with Gasteiger partial charge >= 0.3 is 0 Å². The number of carbonyl (C=O) groups is 1. The number of hydrogen-bond acceptors (Lipinski definition) is 3. The fraction of sp³-hybridized carbons (Fsp3) is 0.111. The molecule has 0 radical (unpaired) electrons. The summed E-state index contributed by atoms with van der Waals surface area (Å²) in [6.07, 6.45) is 4.21. The predicted molar refractivity (Wildman–Crippen MR) is 85.1 cm³/mol. The number of aldehydes is 1. The maximum atomic E-state index is 10.9.